The lowest BCUT2D eigenvalue weighted by atomic mass is 10.0. The number of rotatable bonds is 4. The van der Waals surface area contributed by atoms with Crippen LogP contribution in [0.4, 0.5) is 0 Å². The molecular formula is C19H20ClN5O. The minimum absolute atomic E-state index is 0.169. The van der Waals surface area contributed by atoms with E-state index < -0.39 is 0 Å². The van der Waals surface area contributed by atoms with Crippen LogP contribution in [0.25, 0.3) is 11.3 Å². The summed E-state index contributed by atoms with van der Waals surface area (Å²) in [7, 11) is 1.88. The molecule has 7 heteroatoms. The van der Waals surface area contributed by atoms with Crippen LogP contribution in [0.15, 0.2) is 36.7 Å². The summed E-state index contributed by atoms with van der Waals surface area (Å²) in [6.45, 7) is 1.32. The second-order valence-electron chi connectivity index (χ2n) is 6.62. The molecule has 3 heterocycles. The number of amides is 1. The molecule has 0 aliphatic carbocycles. The summed E-state index contributed by atoms with van der Waals surface area (Å²) >= 11 is 5.98. The van der Waals surface area contributed by atoms with Crippen molar-refractivity contribution < 1.29 is 4.79 Å². The number of benzene rings is 1. The summed E-state index contributed by atoms with van der Waals surface area (Å²) in [6, 6.07) is 7.64. The smallest absolute Gasteiger partial charge is 0.223 e. The average Bonchev–Trinajstić information content (AvgIpc) is 3.26. The second-order valence-corrected chi connectivity index (χ2v) is 7.06. The summed E-state index contributed by atoms with van der Waals surface area (Å²) in [5.41, 5.74) is 5.22. The number of aromatic nitrogens is 4. The predicted molar refractivity (Wildman–Crippen MR) is 99.7 cm³/mol. The Morgan fingerprint density at radius 3 is 2.85 bits per heavy atom. The third-order valence-electron chi connectivity index (χ3n) is 4.79. The molecule has 0 saturated heterocycles. The zero-order chi connectivity index (χ0) is 18.1. The number of nitrogens with one attached hydrogen (secondary N) is 1. The van der Waals surface area contributed by atoms with Crippen molar-refractivity contribution in [3.8, 4) is 11.3 Å². The highest BCUT2D eigenvalue weighted by Crippen LogP contribution is 2.29. The number of carbonyl (C=O) groups excluding carboxylic acids is 1. The summed E-state index contributed by atoms with van der Waals surface area (Å²) in [4.78, 5) is 14.6. The zero-order valence-corrected chi connectivity index (χ0v) is 15.3. The van der Waals surface area contributed by atoms with E-state index >= 15 is 0 Å². The molecule has 1 N–H and O–H groups in total. The largest absolute Gasteiger partial charge is 0.338 e. The first-order chi connectivity index (χ1) is 12.6. The van der Waals surface area contributed by atoms with Gasteiger partial charge in [-0.05, 0) is 24.1 Å². The second kappa shape index (κ2) is 6.96. The van der Waals surface area contributed by atoms with Crippen molar-refractivity contribution in [1.82, 2.24) is 24.9 Å². The van der Waals surface area contributed by atoms with E-state index in [-0.39, 0.29) is 5.91 Å². The monoisotopic (exact) mass is 369 g/mol. The molecule has 1 aliphatic heterocycles. The molecule has 0 spiro atoms. The van der Waals surface area contributed by atoms with Crippen LogP contribution >= 0.6 is 11.6 Å². The fraction of sp³-hybridized carbons (Fsp3) is 0.316. The van der Waals surface area contributed by atoms with E-state index in [1.807, 2.05) is 48.6 Å². The van der Waals surface area contributed by atoms with Gasteiger partial charge in [0.1, 0.15) is 0 Å². The first-order valence-corrected chi connectivity index (χ1v) is 9.05. The molecule has 0 bridgehead atoms. The Labute approximate surface area is 156 Å². The molecule has 26 heavy (non-hydrogen) atoms. The van der Waals surface area contributed by atoms with Gasteiger partial charge in [-0.2, -0.15) is 10.2 Å². The minimum atomic E-state index is 0.169. The molecule has 3 aromatic rings. The molecule has 1 aliphatic rings. The maximum Gasteiger partial charge on any atom is 0.223 e. The topological polar surface area (TPSA) is 66.8 Å². The molecule has 0 atom stereocenters. The number of aromatic amines is 1. The minimum Gasteiger partial charge on any atom is -0.338 e. The Bertz CT molecular complexity index is 928. The Morgan fingerprint density at radius 2 is 2.12 bits per heavy atom. The summed E-state index contributed by atoms with van der Waals surface area (Å²) in [6.07, 6.45) is 5.78. The number of hydrogen-bond acceptors (Lipinski definition) is 3. The maximum absolute atomic E-state index is 12.7. The summed E-state index contributed by atoms with van der Waals surface area (Å²) < 4.78 is 1.76. The fourth-order valence-electron chi connectivity index (χ4n) is 3.36. The van der Waals surface area contributed by atoms with Crippen molar-refractivity contribution in [3.05, 3.63) is 58.5 Å². The molecule has 0 fully saturated rings. The van der Waals surface area contributed by atoms with Crippen molar-refractivity contribution in [2.75, 3.05) is 6.54 Å². The Morgan fingerprint density at radius 1 is 1.31 bits per heavy atom. The Hall–Kier alpha value is -2.60. The molecule has 4 rings (SSSR count). The highest BCUT2D eigenvalue weighted by atomic mass is 35.5. The quantitative estimate of drug-likeness (QED) is 0.768. The van der Waals surface area contributed by atoms with Crippen LogP contribution in [0, 0.1) is 0 Å². The van der Waals surface area contributed by atoms with Crippen molar-refractivity contribution in [2.45, 2.75) is 25.8 Å². The van der Waals surface area contributed by atoms with Crippen molar-refractivity contribution >= 4 is 17.5 Å². The first-order valence-electron chi connectivity index (χ1n) is 8.67. The van der Waals surface area contributed by atoms with Crippen LogP contribution < -0.4 is 0 Å². The first kappa shape index (κ1) is 16.8. The van der Waals surface area contributed by atoms with E-state index in [1.54, 1.807) is 4.68 Å². The number of aryl methyl sites for hydroxylation is 2. The molecule has 6 nitrogen and oxygen atoms in total. The lowest BCUT2D eigenvalue weighted by Crippen LogP contribution is -2.36. The van der Waals surface area contributed by atoms with Gasteiger partial charge in [-0.1, -0.05) is 23.7 Å². The summed E-state index contributed by atoms with van der Waals surface area (Å²) in [5.74, 6) is 0.169. The number of halogens is 1. The zero-order valence-electron chi connectivity index (χ0n) is 14.6. The highest BCUT2D eigenvalue weighted by Gasteiger charge is 2.25. The van der Waals surface area contributed by atoms with Crippen LogP contribution in [-0.4, -0.2) is 37.3 Å². The molecule has 0 radical (unpaired) electrons. The van der Waals surface area contributed by atoms with Gasteiger partial charge in [-0.25, -0.2) is 0 Å². The van der Waals surface area contributed by atoms with Gasteiger partial charge >= 0.3 is 0 Å². The predicted octanol–water partition coefficient (Wildman–Crippen LogP) is 2.98. The van der Waals surface area contributed by atoms with Gasteiger partial charge in [0.05, 0.1) is 11.9 Å². The number of H-pyrrole nitrogens is 1. The third kappa shape index (κ3) is 3.37. The molecule has 1 amide bonds. The van der Waals surface area contributed by atoms with Crippen molar-refractivity contribution in [1.29, 1.82) is 0 Å². The fourth-order valence-corrected chi connectivity index (χ4v) is 3.49. The molecule has 2 aromatic heterocycles. The van der Waals surface area contributed by atoms with Crippen molar-refractivity contribution in [2.24, 2.45) is 7.05 Å². The summed E-state index contributed by atoms with van der Waals surface area (Å²) in [5, 5.41) is 12.4. The molecule has 0 unspecified atom stereocenters. The molecule has 0 saturated carbocycles. The maximum atomic E-state index is 12.7. The number of nitrogens with zero attached hydrogens (tertiary/aromatic N) is 4. The van der Waals surface area contributed by atoms with Gasteiger partial charge in [-0.3, -0.25) is 14.6 Å². The number of carbonyl (C=O) groups is 1. The van der Waals surface area contributed by atoms with E-state index in [4.69, 9.17) is 11.6 Å². The average molecular weight is 370 g/mol. The SMILES string of the molecule is Cn1cc(CCC(=O)N2CCc3[nH]nc(-c4ccc(Cl)cc4)c3C2)cn1. The normalized spacial score (nSPS) is 13.7. The lowest BCUT2D eigenvalue weighted by molar-refractivity contribution is -0.132. The Balaban J connectivity index is 1.47. The molecular weight excluding hydrogens is 350 g/mol. The number of hydrogen-bond donors (Lipinski definition) is 1. The van der Waals surface area contributed by atoms with Gasteiger partial charge < -0.3 is 4.90 Å². The van der Waals surface area contributed by atoms with Crippen molar-refractivity contribution in [3.63, 3.8) is 0 Å². The van der Waals surface area contributed by atoms with Gasteiger partial charge in [0, 0.05) is 61.0 Å². The Kier molecular flexibility index (Phi) is 4.51. The van der Waals surface area contributed by atoms with Gasteiger partial charge in [0.2, 0.25) is 5.91 Å². The van der Waals surface area contributed by atoms with E-state index in [0.717, 1.165) is 41.0 Å². The standard InChI is InChI=1S/C19H20ClN5O/c1-24-11-13(10-21-24)2-7-18(26)25-9-8-17-16(12-25)19(23-22-17)14-3-5-15(20)6-4-14/h3-6,10-11H,2,7-9,12H2,1H3,(H,22,23). The van der Waals surface area contributed by atoms with Gasteiger partial charge in [-0.15, -0.1) is 0 Å². The van der Waals surface area contributed by atoms with E-state index in [0.29, 0.717) is 24.4 Å². The van der Waals surface area contributed by atoms with Crippen LogP contribution in [-0.2, 0) is 31.2 Å². The highest BCUT2D eigenvalue weighted by molar-refractivity contribution is 6.30. The van der Waals surface area contributed by atoms with Gasteiger partial charge in [0.25, 0.3) is 0 Å². The van der Waals surface area contributed by atoms with Crippen LogP contribution in [0.3, 0.4) is 0 Å². The molecule has 1 aromatic carbocycles. The lowest BCUT2D eigenvalue weighted by Gasteiger charge is -2.27. The van der Waals surface area contributed by atoms with Crippen LogP contribution in [0.2, 0.25) is 5.02 Å². The molecule has 134 valence electrons. The van der Waals surface area contributed by atoms with Crippen LogP contribution in [0.5, 0.6) is 0 Å². The van der Waals surface area contributed by atoms with Crippen LogP contribution in [0.1, 0.15) is 23.2 Å². The van der Waals surface area contributed by atoms with E-state index in [9.17, 15) is 4.79 Å². The van der Waals surface area contributed by atoms with Gasteiger partial charge in [0.15, 0.2) is 0 Å². The van der Waals surface area contributed by atoms with E-state index in [2.05, 4.69) is 15.3 Å². The number of fused-ring (bicyclic) bond motifs is 1. The third-order valence-corrected chi connectivity index (χ3v) is 5.04. The van der Waals surface area contributed by atoms with E-state index in [1.165, 1.54) is 0 Å².